The van der Waals surface area contributed by atoms with Gasteiger partial charge in [-0.3, -0.25) is 0 Å². The lowest BCUT2D eigenvalue weighted by Crippen LogP contribution is -2.41. The zero-order valence-corrected chi connectivity index (χ0v) is 13.3. The molecule has 1 aliphatic rings. The first-order valence-corrected chi connectivity index (χ1v) is 7.73. The Morgan fingerprint density at radius 3 is 2.19 bits per heavy atom. The monoisotopic (exact) mass is 305 g/mol. The van der Waals surface area contributed by atoms with Crippen LogP contribution in [0.3, 0.4) is 0 Å². The van der Waals surface area contributed by atoms with Crippen molar-refractivity contribution in [2.24, 2.45) is 0 Å². The third-order valence-electron chi connectivity index (χ3n) is 4.11. The van der Waals surface area contributed by atoms with Gasteiger partial charge in [-0.25, -0.2) is 9.37 Å². The highest BCUT2D eigenvalue weighted by molar-refractivity contribution is 7.14. The molecule has 1 fully saturated rings. The number of hydrogen-bond acceptors (Lipinski definition) is 4. The highest BCUT2D eigenvalue weighted by Gasteiger charge is 2.52. The van der Waals surface area contributed by atoms with Crippen molar-refractivity contribution < 1.29 is 13.7 Å². The van der Waals surface area contributed by atoms with Gasteiger partial charge >= 0.3 is 7.12 Å². The molecule has 2 heterocycles. The molecule has 1 aromatic heterocycles. The molecule has 110 valence electrons. The van der Waals surface area contributed by atoms with E-state index in [2.05, 4.69) is 4.98 Å². The van der Waals surface area contributed by atoms with Gasteiger partial charge in [0.1, 0.15) is 10.8 Å². The van der Waals surface area contributed by atoms with Gasteiger partial charge in [-0.15, -0.1) is 11.3 Å². The van der Waals surface area contributed by atoms with Crippen LogP contribution in [0.2, 0.25) is 0 Å². The number of nitrogens with zero attached hydrogens (tertiary/aromatic N) is 1. The zero-order valence-electron chi connectivity index (χ0n) is 12.5. The van der Waals surface area contributed by atoms with Crippen LogP contribution >= 0.6 is 11.3 Å². The van der Waals surface area contributed by atoms with E-state index in [0.29, 0.717) is 0 Å². The molecule has 0 spiro atoms. The molecule has 1 aromatic carbocycles. The number of thiazole rings is 1. The fraction of sp³-hybridized carbons (Fsp3) is 0.400. The fourth-order valence-electron chi connectivity index (χ4n) is 2.08. The van der Waals surface area contributed by atoms with Crippen molar-refractivity contribution in [2.75, 3.05) is 0 Å². The summed E-state index contributed by atoms with van der Waals surface area (Å²) in [5, 5.41) is 2.76. The maximum atomic E-state index is 13.0. The Bertz CT molecular complexity index is 638. The Labute approximate surface area is 128 Å². The van der Waals surface area contributed by atoms with Crippen molar-refractivity contribution in [3.63, 3.8) is 0 Å². The predicted octanol–water partition coefficient (Wildman–Crippen LogP) is 3.25. The Kier molecular flexibility index (Phi) is 3.43. The van der Waals surface area contributed by atoms with E-state index in [1.165, 1.54) is 23.5 Å². The van der Waals surface area contributed by atoms with Crippen LogP contribution in [0.15, 0.2) is 29.6 Å². The third-order valence-corrected chi connectivity index (χ3v) is 5.02. The summed E-state index contributed by atoms with van der Waals surface area (Å²) >= 11 is 1.50. The van der Waals surface area contributed by atoms with Crippen molar-refractivity contribution >= 4 is 24.0 Å². The molecule has 3 nitrogen and oxygen atoms in total. The smallest absolute Gasteiger partial charge is 0.398 e. The molecule has 0 N–H and O–H groups in total. The summed E-state index contributed by atoms with van der Waals surface area (Å²) in [7, 11) is -0.458. The van der Waals surface area contributed by atoms with Gasteiger partial charge in [-0.1, -0.05) is 0 Å². The van der Waals surface area contributed by atoms with Gasteiger partial charge < -0.3 is 9.31 Å². The van der Waals surface area contributed by atoms with E-state index in [0.717, 1.165) is 16.2 Å². The molecule has 0 unspecified atom stereocenters. The molecule has 1 saturated heterocycles. The lowest BCUT2D eigenvalue weighted by molar-refractivity contribution is 0.00578. The van der Waals surface area contributed by atoms with Crippen LogP contribution in [0, 0.1) is 5.82 Å². The van der Waals surface area contributed by atoms with E-state index in [-0.39, 0.29) is 17.0 Å². The number of halogens is 1. The van der Waals surface area contributed by atoms with Gasteiger partial charge in [0, 0.05) is 10.9 Å². The SMILES string of the molecule is CC1(C)OB(c2csc(-c3ccc(F)cc3)n2)OC1(C)C. The topological polar surface area (TPSA) is 31.4 Å². The summed E-state index contributed by atoms with van der Waals surface area (Å²) < 4.78 is 24.9. The van der Waals surface area contributed by atoms with Crippen LogP contribution in [0.25, 0.3) is 10.6 Å². The maximum Gasteiger partial charge on any atom is 0.515 e. The van der Waals surface area contributed by atoms with E-state index >= 15 is 0 Å². The highest BCUT2D eigenvalue weighted by atomic mass is 32.1. The number of rotatable bonds is 2. The largest absolute Gasteiger partial charge is 0.515 e. The second kappa shape index (κ2) is 4.90. The molecule has 2 aromatic rings. The van der Waals surface area contributed by atoms with E-state index in [9.17, 15) is 4.39 Å². The molecule has 21 heavy (non-hydrogen) atoms. The van der Waals surface area contributed by atoms with Gasteiger partial charge in [-0.2, -0.15) is 0 Å². The lowest BCUT2D eigenvalue weighted by Gasteiger charge is -2.32. The van der Waals surface area contributed by atoms with E-state index in [4.69, 9.17) is 9.31 Å². The molecule has 0 atom stereocenters. The normalized spacial score (nSPS) is 20.0. The van der Waals surface area contributed by atoms with Gasteiger partial charge in [0.25, 0.3) is 0 Å². The first-order chi connectivity index (χ1) is 9.78. The standard InChI is InChI=1S/C15H17BFNO2S/c1-14(2)15(3,4)20-16(19-14)12-9-21-13(18-12)10-5-7-11(17)8-6-10/h5-9H,1-4H3. The third kappa shape index (κ3) is 2.63. The minimum atomic E-state index is -0.458. The van der Waals surface area contributed by atoms with Crippen LogP contribution in [0.4, 0.5) is 4.39 Å². The van der Waals surface area contributed by atoms with Gasteiger partial charge in [0.2, 0.25) is 0 Å². The summed E-state index contributed by atoms with van der Waals surface area (Å²) in [5.74, 6) is -0.249. The van der Waals surface area contributed by atoms with E-state index in [1.54, 1.807) is 12.1 Å². The lowest BCUT2D eigenvalue weighted by atomic mass is 9.86. The van der Waals surface area contributed by atoms with Crippen molar-refractivity contribution in [1.82, 2.24) is 4.98 Å². The first-order valence-electron chi connectivity index (χ1n) is 6.85. The van der Waals surface area contributed by atoms with Crippen LogP contribution in [-0.4, -0.2) is 23.3 Å². The maximum absolute atomic E-state index is 13.0. The molecule has 0 amide bonds. The number of aromatic nitrogens is 1. The van der Waals surface area contributed by atoms with Crippen molar-refractivity contribution in [2.45, 2.75) is 38.9 Å². The van der Waals surface area contributed by atoms with Crippen LogP contribution in [-0.2, 0) is 9.31 Å². The second-order valence-electron chi connectivity index (χ2n) is 6.17. The van der Waals surface area contributed by atoms with Crippen molar-refractivity contribution in [1.29, 1.82) is 0 Å². The summed E-state index contributed by atoms with van der Waals surface area (Å²) in [6.07, 6.45) is 0. The average molecular weight is 305 g/mol. The minimum Gasteiger partial charge on any atom is -0.398 e. The molecule has 0 radical (unpaired) electrons. The number of benzene rings is 1. The van der Waals surface area contributed by atoms with E-state index < -0.39 is 7.12 Å². The van der Waals surface area contributed by atoms with Crippen molar-refractivity contribution in [3.05, 3.63) is 35.5 Å². The molecule has 0 aliphatic carbocycles. The zero-order chi connectivity index (χ0) is 15.3. The van der Waals surface area contributed by atoms with Gasteiger partial charge in [-0.05, 0) is 52.0 Å². The molecule has 0 bridgehead atoms. The molecule has 1 aliphatic heterocycles. The molecular weight excluding hydrogens is 288 g/mol. The van der Waals surface area contributed by atoms with Crippen LogP contribution < -0.4 is 5.59 Å². The quantitative estimate of drug-likeness (QED) is 0.798. The average Bonchev–Trinajstić information content (AvgIpc) is 2.94. The van der Waals surface area contributed by atoms with Crippen LogP contribution in [0.1, 0.15) is 27.7 Å². The second-order valence-corrected chi connectivity index (χ2v) is 7.03. The molecular formula is C15H17BFNO2S. The predicted molar refractivity (Wildman–Crippen MR) is 83.2 cm³/mol. The molecule has 6 heteroatoms. The summed E-state index contributed by atoms with van der Waals surface area (Å²) in [5.41, 5.74) is 0.899. The summed E-state index contributed by atoms with van der Waals surface area (Å²) in [6.45, 7) is 8.06. The number of hydrogen-bond donors (Lipinski definition) is 0. The summed E-state index contributed by atoms with van der Waals surface area (Å²) in [4.78, 5) is 4.57. The Morgan fingerprint density at radius 1 is 1.05 bits per heavy atom. The summed E-state index contributed by atoms with van der Waals surface area (Å²) in [6, 6.07) is 6.32. The Balaban J connectivity index is 1.85. The molecule has 3 rings (SSSR count). The van der Waals surface area contributed by atoms with Gasteiger partial charge in [0.15, 0.2) is 0 Å². The molecule has 0 saturated carbocycles. The fourth-order valence-corrected chi connectivity index (χ4v) is 2.91. The highest BCUT2D eigenvalue weighted by Crippen LogP contribution is 2.36. The first kappa shape index (κ1) is 14.7. The van der Waals surface area contributed by atoms with E-state index in [1.807, 2.05) is 33.1 Å². The van der Waals surface area contributed by atoms with Crippen LogP contribution in [0.5, 0.6) is 0 Å². The van der Waals surface area contributed by atoms with Crippen molar-refractivity contribution in [3.8, 4) is 10.6 Å². The Morgan fingerprint density at radius 2 is 1.62 bits per heavy atom. The minimum absolute atomic E-state index is 0.249. The van der Waals surface area contributed by atoms with Gasteiger partial charge in [0.05, 0.1) is 16.8 Å². The Hall–Kier alpha value is -1.24.